The molecule has 0 aromatic carbocycles. The molecule has 0 atom stereocenters. The Morgan fingerprint density at radius 2 is 2.33 bits per heavy atom. The molecule has 0 aliphatic carbocycles. The fraction of sp³-hybridized carbons (Fsp3) is 0.250. The zero-order valence-electron chi connectivity index (χ0n) is 10.3. The van der Waals surface area contributed by atoms with Gasteiger partial charge in [0.2, 0.25) is 0 Å². The van der Waals surface area contributed by atoms with E-state index in [9.17, 15) is 4.79 Å². The highest BCUT2D eigenvalue weighted by atomic mass is 16.2. The molecule has 4 N–H and O–H groups in total. The Morgan fingerprint density at radius 3 is 2.94 bits per heavy atom. The van der Waals surface area contributed by atoms with E-state index in [0.717, 1.165) is 11.3 Å². The monoisotopic (exact) mass is 245 g/mol. The Bertz CT molecular complexity index is 576. The first-order valence-electron chi connectivity index (χ1n) is 5.68. The highest BCUT2D eigenvalue weighted by Crippen LogP contribution is 2.16. The lowest BCUT2D eigenvalue weighted by Gasteiger charge is -2.03. The van der Waals surface area contributed by atoms with Crippen molar-refractivity contribution in [2.75, 3.05) is 11.1 Å². The van der Waals surface area contributed by atoms with Crippen molar-refractivity contribution in [3.8, 4) is 0 Å². The Labute approximate surface area is 105 Å². The Hall–Kier alpha value is -2.37. The third kappa shape index (κ3) is 2.32. The van der Waals surface area contributed by atoms with Gasteiger partial charge in [-0.2, -0.15) is 5.10 Å². The summed E-state index contributed by atoms with van der Waals surface area (Å²) in [7, 11) is 0. The topological polar surface area (TPSA) is 96.7 Å². The van der Waals surface area contributed by atoms with Crippen LogP contribution in [0.15, 0.2) is 18.3 Å². The van der Waals surface area contributed by atoms with Crippen LogP contribution in [0.25, 0.3) is 0 Å². The van der Waals surface area contributed by atoms with Crippen LogP contribution in [0, 0.1) is 6.92 Å². The van der Waals surface area contributed by atoms with Crippen molar-refractivity contribution in [3.63, 3.8) is 0 Å². The minimum atomic E-state index is -0.360. The molecule has 0 spiro atoms. The van der Waals surface area contributed by atoms with Crippen LogP contribution in [-0.2, 0) is 6.42 Å². The SMILES string of the molecule is CCc1[nH]nc(C(=O)Nc2cc(C)ccn2)c1N. The number of hydrogen-bond acceptors (Lipinski definition) is 4. The maximum atomic E-state index is 12.0. The van der Waals surface area contributed by atoms with Gasteiger partial charge in [0.25, 0.3) is 5.91 Å². The first-order chi connectivity index (χ1) is 8.61. The van der Waals surface area contributed by atoms with E-state index in [1.165, 1.54) is 0 Å². The van der Waals surface area contributed by atoms with Crippen molar-refractivity contribution >= 4 is 17.4 Å². The molecule has 6 nitrogen and oxygen atoms in total. The molecule has 18 heavy (non-hydrogen) atoms. The number of aromatic amines is 1. The van der Waals surface area contributed by atoms with Crippen LogP contribution >= 0.6 is 0 Å². The summed E-state index contributed by atoms with van der Waals surface area (Å²) in [6.45, 7) is 3.86. The number of aryl methyl sites for hydroxylation is 2. The number of carbonyl (C=O) groups excluding carboxylic acids is 1. The predicted octanol–water partition coefficient (Wildman–Crippen LogP) is 1.51. The molecule has 0 radical (unpaired) electrons. The van der Waals surface area contributed by atoms with Gasteiger partial charge in [-0.3, -0.25) is 9.89 Å². The van der Waals surface area contributed by atoms with Crippen LogP contribution in [0.4, 0.5) is 11.5 Å². The molecule has 0 saturated heterocycles. The van der Waals surface area contributed by atoms with Crippen LogP contribution in [0.1, 0.15) is 28.7 Å². The fourth-order valence-electron chi connectivity index (χ4n) is 1.61. The van der Waals surface area contributed by atoms with E-state index in [-0.39, 0.29) is 11.6 Å². The average Bonchev–Trinajstić information content (AvgIpc) is 2.70. The van der Waals surface area contributed by atoms with Crippen molar-refractivity contribution in [3.05, 3.63) is 35.3 Å². The maximum absolute atomic E-state index is 12.0. The highest BCUT2D eigenvalue weighted by molar-refractivity contribution is 6.06. The summed E-state index contributed by atoms with van der Waals surface area (Å²) in [5.74, 6) is 0.127. The minimum Gasteiger partial charge on any atom is -0.395 e. The lowest BCUT2D eigenvalue weighted by Crippen LogP contribution is -2.15. The van der Waals surface area contributed by atoms with Crippen LogP contribution in [0.3, 0.4) is 0 Å². The normalized spacial score (nSPS) is 10.3. The molecule has 2 rings (SSSR count). The molecule has 0 fully saturated rings. The molecule has 2 aromatic rings. The second-order valence-corrected chi connectivity index (χ2v) is 3.99. The zero-order valence-corrected chi connectivity index (χ0v) is 10.3. The third-order valence-corrected chi connectivity index (χ3v) is 2.61. The molecule has 0 bridgehead atoms. The number of nitrogens with two attached hydrogens (primary N) is 1. The molecule has 6 heteroatoms. The van der Waals surface area contributed by atoms with E-state index in [1.807, 2.05) is 19.9 Å². The van der Waals surface area contributed by atoms with E-state index < -0.39 is 0 Å². The van der Waals surface area contributed by atoms with Crippen molar-refractivity contribution in [2.24, 2.45) is 0 Å². The number of anilines is 2. The third-order valence-electron chi connectivity index (χ3n) is 2.61. The Kier molecular flexibility index (Phi) is 3.27. The summed E-state index contributed by atoms with van der Waals surface area (Å²) < 4.78 is 0. The standard InChI is InChI=1S/C12H15N5O/c1-3-8-10(13)11(17-16-8)12(18)15-9-6-7(2)4-5-14-9/h4-6H,3,13H2,1-2H3,(H,16,17)(H,14,15,18). The Morgan fingerprint density at radius 1 is 1.56 bits per heavy atom. The number of nitrogen functional groups attached to an aromatic ring is 1. The summed E-state index contributed by atoms with van der Waals surface area (Å²) in [6.07, 6.45) is 2.34. The molecule has 0 aliphatic heterocycles. The van der Waals surface area contributed by atoms with Gasteiger partial charge < -0.3 is 11.1 Å². The predicted molar refractivity (Wildman–Crippen MR) is 69.3 cm³/mol. The summed E-state index contributed by atoms with van der Waals surface area (Å²) in [5, 5.41) is 9.33. The van der Waals surface area contributed by atoms with Gasteiger partial charge in [-0.1, -0.05) is 6.92 Å². The first-order valence-corrected chi connectivity index (χ1v) is 5.68. The summed E-state index contributed by atoms with van der Waals surface area (Å²) in [5.41, 5.74) is 8.20. The smallest absolute Gasteiger partial charge is 0.279 e. The van der Waals surface area contributed by atoms with Crippen LogP contribution < -0.4 is 11.1 Å². The maximum Gasteiger partial charge on any atom is 0.279 e. The van der Waals surface area contributed by atoms with Gasteiger partial charge in [0.05, 0.1) is 11.4 Å². The lowest BCUT2D eigenvalue weighted by atomic mass is 10.2. The van der Waals surface area contributed by atoms with Gasteiger partial charge in [-0.05, 0) is 31.0 Å². The van der Waals surface area contributed by atoms with Crippen molar-refractivity contribution in [2.45, 2.75) is 20.3 Å². The minimum absolute atomic E-state index is 0.204. The largest absolute Gasteiger partial charge is 0.395 e. The molecular weight excluding hydrogens is 230 g/mol. The van der Waals surface area contributed by atoms with E-state index >= 15 is 0 Å². The van der Waals surface area contributed by atoms with E-state index in [1.54, 1.807) is 12.3 Å². The number of pyridine rings is 1. The van der Waals surface area contributed by atoms with Crippen molar-refractivity contribution in [1.82, 2.24) is 15.2 Å². The van der Waals surface area contributed by atoms with Crippen LogP contribution in [0.5, 0.6) is 0 Å². The number of nitrogens with one attached hydrogen (secondary N) is 2. The number of rotatable bonds is 3. The average molecular weight is 245 g/mol. The van der Waals surface area contributed by atoms with E-state index in [4.69, 9.17) is 5.73 Å². The fourth-order valence-corrected chi connectivity index (χ4v) is 1.61. The van der Waals surface area contributed by atoms with Gasteiger partial charge in [0.15, 0.2) is 5.69 Å². The Balaban J connectivity index is 2.19. The van der Waals surface area contributed by atoms with Crippen LogP contribution in [0.2, 0.25) is 0 Å². The van der Waals surface area contributed by atoms with Gasteiger partial charge in [-0.15, -0.1) is 0 Å². The molecular formula is C12H15N5O. The zero-order chi connectivity index (χ0) is 13.1. The number of H-pyrrole nitrogens is 1. The number of carbonyl (C=O) groups is 1. The summed E-state index contributed by atoms with van der Waals surface area (Å²) in [6, 6.07) is 3.63. The van der Waals surface area contributed by atoms with Crippen LogP contribution in [-0.4, -0.2) is 21.1 Å². The van der Waals surface area contributed by atoms with E-state index in [2.05, 4.69) is 20.5 Å². The molecule has 0 unspecified atom stereocenters. The number of amides is 1. The highest BCUT2D eigenvalue weighted by Gasteiger charge is 2.16. The summed E-state index contributed by atoms with van der Waals surface area (Å²) in [4.78, 5) is 16.0. The molecule has 1 amide bonds. The first kappa shape index (κ1) is 12.1. The van der Waals surface area contributed by atoms with Gasteiger partial charge >= 0.3 is 0 Å². The summed E-state index contributed by atoms with van der Waals surface area (Å²) >= 11 is 0. The molecule has 94 valence electrons. The number of hydrogen-bond donors (Lipinski definition) is 3. The lowest BCUT2D eigenvalue weighted by molar-refractivity contribution is 0.102. The molecule has 0 aliphatic rings. The second-order valence-electron chi connectivity index (χ2n) is 3.99. The number of aromatic nitrogens is 3. The van der Waals surface area contributed by atoms with Gasteiger partial charge in [0, 0.05) is 6.20 Å². The second kappa shape index (κ2) is 4.87. The number of nitrogens with zero attached hydrogens (tertiary/aromatic N) is 2. The van der Waals surface area contributed by atoms with E-state index in [0.29, 0.717) is 17.9 Å². The van der Waals surface area contributed by atoms with Crippen molar-refractivity contribution in [1.29, 1.82) is 0 Å². The molecule has 2 heterocycles. The quantitative estimate of drug-likeness (QED) is 0.763. The molecule has 0 saturated carbocycles. The van der Waals surface area contributed by atoms with Gasteiger partial charge in [0.1, 0.15) is 5.82 Å². The van der Waals surface area contributed by atoms with Gasteiger partial charge in [-0.25, -0.2) is 4.98 Å². The molecule has 2 aromatic heterocycles. The van der Waals surface area contributed by atoms with Crippen molar-refractivity contribution < 1.29 is 4.79 Å².